The SMILES string of the molecule is N#CC=Cc1ccccc1C(=O)NCC(=O)O. The van der Waals surface area contributed by atoms with Gasteiger partial charge in [-0.15, -0.1) is 0 Å². The quantitative estimate of drug-likeness (QED) is 0.756. The Labute approximate surface area is 98.0 Å². The van der Waals surface area contributed by atoms with Crippen molar-refractivity contribution in [3.63, 3.8) is 0 Å². The second kappa shape index (κ2) is 6.08. The molecule has 0 heterocycles. The van der Waals surface area contributed by atoms with Crippen LogP contribution in [0.5, 0.6) is 0 Å². The van der Waals surface area contributed by atoms with Crippen molar-refractivity contribution >= 4 is 18.0 Å². The zero-order valence-corrected chi connectivity index (χ0v) is 8.88. The molecule has 0 radical (unpaired) electrons. The summed E-state index contributed by atoms with van der Waals surface area (Å²) >= 11 is 0. The van der Waals surface area contributed by atoms with E-state index < -0.39 is 18.4 Å². The largest absolute Gasteiger partial charge is 0.480 e. The van der Waals surface area contributed by atoms with Crippen LogP contribution in [-0.4, -0.2) is 23.5 Å². The van der Waals surface area contributed by atoms with Crippen molar-refractivity contribution in [2.45, 2.75) is 0 Å². The number of nitrogens with one attached hydrogen (secondary N) is 1. The number of hydrogen-bond donors (Lipinski definition) is 2. The summed E-state index contributed by atoms with van der Waals surface area (Å²) in [6.45, 7) is -0.435. The maximum absolute atomic E-state index is 11.6. The van der Waals surface area contributed by atoms with Crippen molar-refractivity contribution in [1.82, 2.24) is 5.32 Å². The zero-order chi connectivity index (χ0) is 12.7. The van der Waals surface area contributed by atoms with E-state index in [0.717, 1.165) is 0 Å². The van der Waals surface area contributed by atoms with Gasteiger partial charge in [0.1, 0.15) is 6.54 Å². The molecule has 5 heteroatoms. The standard InChI is InChI=1S/C12H10N2O3/c13-7-3-5-9-4-1-2-6-10(9)12(17)14-8-11(15)16/h1-6H,8H2,(H,14,17)(H,15,16). The smallest absolute Gasteiger partial charge is 0.322 e. The molecule has 2 N–H and O–H groups in total. The van der Waals surface area contributed by atoms with Gasteiger partial charge in [-0.2, -0.15) is 5.26 Å². The van der Waals surface area contributed by atoms with Crippen LogP contribution >= 0.6 is 0 Å². The first-order valence-corrected chi connectivity index (χ1v) is 4.80. The number of amides is 1. The Morgan fingerprint density at radius 3 is 2.76 bits per heavy atom. The minimum Gasteiger partial charge on any atom is -0.480 e. The minimum atomic E-state index is -1.11. The lowest BCUT2D eigenvalue weighted by atomic mass is 10.1. The summed E-state index contributed by atoms with van der Waals surface area (Å²) < 4.78 is 0. The van der Waals surface area contributed by atoms with Gasteiger partial charge in [0, 0.05) is 11.6 Å². The molecule has 0 aliphatic rings. The number of carboxylic acids is 1. The maximum Gasteiger partial charge on any atom is 0.322 e. The Morgan fingerprint density at radius 2 is 2.12 bits per heavy atom. The first kappa shape index (κ1) is 12.5. The average Bonchev–Trinajstić information content (AvgIpc) is 2.33. The van der Waals surface area contributed by atoms with E-state index in [-0.39, 0.29) is 0 Å². The molecule has 1 aromatic carbocycles. The number of carbonyl (C=O) groups excluding carboxylic acids is 1. The molecule has 17 heavy (non-hydrogen) atoms. The van der Waals surface area contributed by atoms with E-state index in [1.165, 1.54) is 12.2 Å². The fraction of sp³-hybridized carbons (Fsp3) is 0.0833. The Morgan fingerprint density at radius 1 is 1.41 bits per heavy atom. The van der Waals surface area contributed by atoms with Crippen molar-refractivity contribution in [3.8, 4) is 6.07 Å². The predicted octanol–water partition coefficient (Wildman–Crippen LogP) is 1.04. The van der Waals surface area contributed by atoms with Crippen molar-refractivity contribution in [2.24, 2.45) is 0 Å². The van der Waals surface area contributed by atoms with Gasteiger partial charge in [-0.05, 0) is 17.7 Å². The predicted molar refractivity (Wildman–Crippen MR) is 61.1 cm³/mol. The molecule has 0 aliphatic carbocycles. The second-order valence-electron chi connectivity index (χ2n) is 3.13. The molecule has 1 amide bonds. The molecular formula is C12H10N2O3. The molecule has 86 valence electrons. The van der Waals surface area contributed by atoms with Gasteiger partial charge in [0.2, 0.25) is 0 Å². The van der Waals surface area contributed by atoms with Crippen molar-refractivity contribution in [3.05, 3.63) is 41.5 Å². The molecule has 0 bridgehead atoms. The summed E-state index contributed by atoms with van der Waals surface area (Å²) in [5.41, 5.74) is 0.900. The Hall–Kier alpha value is -2.61. The van der Waals surface area contributed by atoms with Gasteiger partial charge in [0.05, 0.1) is 6.07 Å². The third-order valence-electron chi connectivity index (χ3n) is 1.94. The van der Waals surface area contributed by atoms with Gasteiger partial charge in [-0.25, -0.2) is 0 Å². The van der Waals surface area contributed by atoms with E-state index in [1.807, 2.05) is 6.07 Å². The van der Waals surface area contributed by atoms with E-state index in [9.17, 15) is 9.59 Å². The number of aliphatic carboxylic acids is 1. The number of nitrogens with zero attached hydrogens (tertiary/aromatic N) is 1. The minimum absolute atomic E-state index is 0.334. The Balaban J connectivity index is 2.89. The van der Waals surface area contributed by atoms with Crippen LogP contribution in [0.1, 0.15) is 15.9 Å². The van der Waals surface area contributed by atoms with E-state index in [2.05, 4.69) is 5.32 Å². The van der Waals surface area contributed by atoms with E-state index in [4.69, 9.17) is 10.4 Å². The number of carbonyl (C=O) groups is 2. The number of hydrogen-bond acceptors (Lipinski definition) is 3. The van der Waals surface area contributed by atoms with Crippen LogP contribution < -0.4 is 5.32 Å². The summed E-state index contributed by atoms with van der Waals surface area (Å²) in [4.78, 5) is 22.0. The molecule has 0 fully saturated rings. The molecular weight excluding hydrogens is 220 g/mol. The normalized spacial score (nSPS) is 9.82. The average molecular weight is 230 g/mol. The molecule has 0 atom stereocenters. The van der Waals surface area contributed by atoms with Crippen LogP contribution in [0, 0.1) is 11.3 Å². The molecule has 5 nitrogen and oxygen atoms in total. The zero-order valence-electron chi connectivity index (χ0n) is 8.88. The first-order chi connectivity index (χ1) is 8.15. The maximum atomic E-state index is 11.6. The topological polar surface area (TPSA) is 90.2 Å². The highest BCUT2D eigenvalue weighted by Gasteiger charge is 2.09. The van der Waals surface area contributed by atoms with Crippen LogP contribution in [0.15, 0.2) is 30.3 Å². The molecule has 1 aromatic rings. The third-order valence-corrected chi connectivity index (χ3v) is 1.94. The number of carboxylic acid groups (broad SMARTS) is 1. The summed E-state index contributed by atoms with van der Waals surface area (Å²) in [6, 6.07) is 8.45. The van der Waals surface area contributed by atoms with Crippen LogP contribution in [0.3, 0.4) is 0 Å². The van der Waals surface area contributed by atoms with Crippen LogP contribution in [0.4, 0.5) is 0 Å². The molecule has 1 rings (SSSR count). The highest BCUT2D eigenvalue weighted by molar-refractivity contribution is 5.99. The monoisotopic (exact) mass is 230 g/mol. The molecule has 0 saturated heterocycles. The molecule has 0 unspecified atom stereocenters. The molecule has 0 saturated carbocycles. The van der Waals surface area contributed by atoms with Gasteiger partial charge in [0.15, 0.2) is 0 Å². The molecule has 0 spiro atoms. The number of allylic oxidation sites excluding steroid dienone is 1. The Bertz CT molecular complexity index is 501. The lowest BCUT2D eigenvalue weighted by Crippen LogP contribution is -2.29. The van der Waals surface area contributed by atoms with E-state index >= 15 is 0 Å². The van der Waals surface area contributed by atoms with Gasteiger partial charge in [-0.3, -0.25) is 9.59 Å². The third kappa shape index (κ3) is 3.80. The summed E-state index contributed by atoms with van der Waals surface area (Å²) in [7, 11) is 0. The fourth-order valence-corrected chi connectivity index (χ4v) is 1.23. The van der Waals surface area contributed by atoms with Gasteiger partial charge < -0.3 is 10.4 Å². The van der Waals surface area contributed by atoms with Crippen LogP contribution in [0.25, 0.3) is 6.08 Å². The van der Waals surface area contributed by atoms with Gasteiger partial charge >= 0.3 is 5.97 Å². The van der Waals surface area contributed by atoms with Crippen LogP contribution in [-0.2, 0) is 4.79 Å². The lowest BCUT2D eigenvalue weighted by Gasteiger charge is -2.05. The number of nitriles is 1. The summed E-state index contributed by atoms with van der Waals surface area (Å²) in [5, 5.41) is 19.1. The van der Waals surface area contributed by atoms with Gasteiger partial charge in [0.25, 0.3) is 5.91 Å². The summed E-state index contributed by atoms with van der Waals surface area (Å²) in [6.07, 6.45) is 2.75. The Kier molecular flexibility index (Phi) is 4.45. The van der Waals surface area contributed by atoms with Gasteiger partial charge in [-0.1, -0.05) is 18.2 Å². The van der Waals surface area contributed by atoms with Crippen LogP contribution in [0.2, 0.25) is 0 Å². The highest BCUT2D eigenvalue weighted by Crippen LogP contribution is 2.10. The van der Waals surface area contributed by atoms with Crippen molar-refractivity contribution < 1.29 is 14.7 Å². The summed E-state index contributed by atoms with van der Waals surface area (Å²) in [5.74, 6) is -1.59. The highest BCUT2D eigenvalue weighted by atomic mass is 16.4. The fourth-order valence-electron chi connectivity index (χ4n) is 1.23. The molecule has 0 aliphatic heterocycles. The van der Waals surface area contributed by atoms with Crippen molar-refractivity contribution in [2.75, 3.05) is 6.54 Å². The number of benzene rings is 1. The lowest BCUT2D eigenvalue weighted by molar-refractivity contribution is -0.135. The molecule has 0 aromatic heterocycles. The van der Waals surface area contributed by atoms with E-state index in [1.54, 1.807) is 24.3 Å². The first-order valence-electron chi connectivity index (χ1n) is 4.80. The van der Waals surface area contributed by atoms with Crippen molar-refractivity contribution in [1.29, 1.82) is 5.26 Å². The second-order valence-corrected chi connectivity index (χ2v) is 3.13. The number of rotatable bonds is 4. The van der Waals surface area contributed by atoms with E-state index in [0.29, 0.717) is 11.1 Å².